The Labute approximate surface area is 164 Å². The van der Waals surface area contributed by atoms with Crippen LogP contribution in [0.4, 0.5) is 0 Å². The van der Waals surface area contributed by atoms with E-state index in [4.69, 9.17) is 4.99 Å². The predicted octanol–water partition coefficient (Wildman–Crippen LogP) is 3.27. The number of nitrogens with one attached hydrogen (secondary N) is 1. The van der Waals surface area contributed by atoms with Crippen molar-refractivity contribution in [3.63, 3.8) is 0 Å². The van der Waals surface area contributed by atoms with Crippen molar-refractivity contribution in [3.8, 4) is 0 Å². The third-order valence-corrected chi connectivity index (χ3v) is 5.70. The van der Waals surface area contributed by atoms with E-state index in [1.165, 1.54) is 51.1 Å². The molecule has 2 saturated heterocycles. The number of thioether (sulfide) groups is 1. The highest BCUT2D eigenvalue weighted by molar-refractivity contribution is 14.0. The fourth-order valence-corrected chi connectivity index (χ4v) is 4.37. The number of guanidine groups is 1. The summed E-state index contributed by atoms with van der Waals surface area (Å²) >= 11 is 2.08. The van der Waals surface area contributed by atoms with Gasteiger partial charge in [0.1, 0.15) is 0 Å². The molecule has 0 atom stereocenters. The van der Waals surface area contributed by atoms with E-state index in [1.807, 2.05) is 0 Å². The third-order valence-electron chi connectivity index (χ3n) is 4.40. The Balaban J connectivity index is 0.00000264. The smallest absolute Gasteiger partial charge is 0.193 e. The molecule has 0 bridgehead atoms. The summed E-state index contributed by atoms with van der Waals surface area (Å²) in [4.78, 5) is 9.91. The van der Waals surface area contributed by atoms with E-state index in [-0.39, 0.29) is 24.0 Å². The molecule has 0 aromatic carbocycles. The monoisotopic (exact) mass is 454 g/mol. The topological polar surface area (TPSA) is 30.9 Å². The molecule has 0 aromatic rings. The van der Waals surface area contributed by atoms with Crippen molar-refractivity contribution in [2.75, 3.05) is 51.6 Å². The maximum absolute atomic E-state index is 4.87. The van der Waals surface area contributed by atoms with Crippen molar-refractivity contribution < 1.29 is 0 Å². The van der Waals surface area contributed by atoms with Gasteiger partial charge in [0.15, 0.2) is 5.96 Å². The van der Waals surface area contributed by atoms with Crippen LogP contribution in [0.1, 0.15) is 46.5 Å². The fourth-order valence-electron chi connectivity index (χ4n) is 3.26. The van der Waals surface area contributed by atoms with Crippen LogP contribution < -0.4 is 5.32 Å². The number of likely N-dealkylation sites (tertiary alicyclic amines) is 1. The van der Waals surface area contributed by atoms with Crippen LogP contribution in [-0.2, 0) is 0 Å². The second kappa shape index (κ2) is 11.0. The summed E-state index contributed by atoms with van der Waals surface area (Å²) < 4.78 is 0.337. The minimum Gasteiger partial charge on any atom is -0.357 e. The lowest BCUT2D eigenvalue weighted by Crippen LogP contribution is -2.51. The normalized spacial score (nSPS) is 22.0. The average molecular weight is 454 g/mol. The van der Waals surface area contributed by atoms with Crippen LogP contribution in [0.2, 0.25) is 0 Å². The molecular weight excluding hydrogens is 419 g/mol. The van der Waals surface area contributed by atoms with Crippen molar-refractivity contribution >= 4 is 41.7 Å². The Morgan fingerprint density at radius 2 is 1.91 bits per heavy atom. The third kappa shape index (κ3) is 7.82. The average Bonchev–Trinajstić information content (AvgIpc) is 2.98. The number of rotatable bonds is 6. The molecule has 0 spiro atoms. The van der Waals surface area contributed by atoms with E-state index >= 15 is 0 Å². The lowest BCUT2D eigenvalue weighted by molar-refractivity contribution is 0.330. The van der Waals surface area contributed by atoms with Gasteiger partial charge in [-0.05, 0) is 66.1 Å². The van der Waals surface area contributed by atoms with Gasteiger partial charge < -0.3 is 15.1 Å². The van der Waals surface area contributed by atoms with Crippen molar-refractivity contribution in [1.29, 1.82) is 0 Å². The van der Waals surface area contributed by atoms with Gasteiger partial charge in [-0.15, -0.1) is 24.0 Å². The van der Waals surface area contributed by atoms with Crippen LogP contribution in [0, 0.1) is 0 Å². The summed E-state index contributed by atoms with van der Waals surface area (Å²) in [6.07, 6.45) is 5.28. The second-order valence-corrected chi connectivity index (χ2v) is 8.82. The maximum atomic E-state index is 4.87. The second-order valence-electron chi connectivity index (χ2n) is 7.02. The first-order valence-corrected chi connectivity index (χ1v) is 9.99. The molecule has 23 heavy (non-hydrogen) atoms. The molecule has 0 unspecified atom stereocenters. The molecule has 2 rings (SSSR count). The number of nitrogens with zero attached hydrogens (tertiary/aromatic N) is 3. The highest BCUT2D eigenvalue weighted by Gasteiger charge is 2.28. The van der Waals surface area contributed by atoms with Crippen LogP contribution in [0.3, 0.4) is 0 Å². The Morgan fingerprint density at radius 1 is 1.17 bits per heavy atom. The summed E-state index contributed by atoms with van der Waals surface area (Å²) in [7, 11) is 0. The Bertz CT molecular complexity index is 357. The highest BCUT2D eigenvalue weighted by atomic mass is 127. The predicted molar refractivity (Wildman–Crippen MR) is 114 cm³/mol. The molecular formula is C17H35IN4S. The lowest BCUT2D eigenvalue weighted by atomic mass is 10.2. The summed E-state index contributed by atoms with van der Waals surface area (Å²) in [5.74, 6) is 2.32. The molecule has 0 aromatic heterocycles. The van der Waals surface area contributed by atoms with Gasteiger partial charge in [-0.2, -0.15) is 11.8 Å². The van der Waals surface area contributed by atoms with Crippen LogP contribution in [-0.4, -0.2) is 72.1 Å². The first-order chi connectivity index (χ1) is 10.6. The Hall–Kier alpha value is 0.310. The quantitative estimate of drug-likeness (QED) is 0.289. The zero-order valence-corrected chi connectivity index (χ0v) is 18.3. The van der Waals surface area contributed by atoms with E-state index in [9.17, 15) is 0 Å². The van der Waals surface area contributed by atoms with E-state index in [1.54, 1.807) is 0 Å². The standard InChI is InChI=1S/C17H34N4S.HI/c1-4-18-16(21-13-14-22-17(2,3)15-21)19-9-5-6-10-20-11-7-8-12-20;/h4-15H2,1-3H3,(H,18,19);1H. The van der Waals surface area contributed by atoms with E-state index in [0.717, 1.165) is 32.1 Å². The molecule has 2 fully saturated rings. The molecule has 0 aliphatic carbocycles. The molecule has 2 heterocycles. The summed E-state index contributed by atoms with van der Waals surface area (Å²) in [6, 6.07) is 0. The Kier molecular flexibility index (Phi) is 10.2. The molecule has 1 N–H and O–H groups in total. The molecule has 4 nitrogen and oxygen atoms in total. The zero-order valence-electron chi connectivity index (χ0n) is 15.1. The Morgan fingerprint density at radius 3 is 2.57 bits per heavy atom. The minimum atomic E-state index is 0. The highest BCUT2D eigenvalue weighted by Crippen LogP contribution is 2.29. The molecule has 0 radical (unpaired) electrons. The van der Waals surface area contributed by atoms with Crippen molar-refractivity contribution in [2.45, 2.75) is 51.2 Å². The molecule has 136 valence electrons. The molecule has 0 saturated carbocycles. The summed E-state index contributed by atoms with van der Waals surface area (Å²) in [5, 5.41) is 3.48. The maximum Gasteiger partial charge on any atom is 0.193 e. The fraction of sp³-hybridized carbons (Fsp3) is 0.941. The summed E-state index contributed by atoms with van der Waals surface area (Å²) in [5.41, 5.74) is 0. The van der Waals surface area contributed by atoms with Crippen LogP contribution in [0.25, 0.3) is 0 Å². The van der Waals surface area contributed by atoms with Crippen LogP contribution in [0.15, 0.2) is 4.99 Å². The first kappa shape index (κ1) is 21.4. The molecule has 2 aliphatic rings. The number of halogens is 1. The van der Waals surface area contributed by atoms with Crippen LogP contribution in [0.5, 0.6) is 0 Å². The number of hydrogen-bond donors (Lipinski definition) is 1. The van der Waals surface area contributed by atoms with Crippen LogP contribution >= 0.6 is 35.7 Å². The number of unbranched alkanes of at least 4 members (excludes halogenated alkanes) is 1. The number of aliphatic imine (C=N–C) groups is 1. The van der Waals surface area contributed by atoms with Crippen molar-refractivity contribution in [3.05, 3.63) is 0 Å². The molecule has 6 heteroatoms. The first-order valence-electron chi connectivity index (χ1n) is 9.00. The van der Waals surface area contributed by atoms with Crippen molar-refractivity contribution in [1.82, 2.24) is 15.1 Å². The van der Waals surface area contributed by atoms with Gasteiger partial charge in [-0.1, -0.05) is 0 Å². The lowest BCUT2D eigenvalue weighted by Gasteiger charge is -2.39. The van der Waals surface area contributed by atoms with Gasteiger partial charge >= 0.3 is 0 Å². The van der Waals surface area contributed by atoms with Gasteiger partial charge in [0.25, 0.3) is 0 Å². The zero-order chi connectivity index (χ0) is 15.8. The minimum absolute atomic E-state index is 0. The SMILES string of the molecule is CCNC(=NCCCCN1CCCC1)N1CCSC(C)(C)C1.I. The van der Waals surface area contributed by atoms with E-state index in [0.29, 0.717) is 4.75 Å². The van der Waals surface area contributed by atoms with Gasteiger partial charge in [-0.3, -0.25) is 4.99 Å². The van der Waals surface area contributed by atoms with E-state index in [2.05, 4.69) is 47.6 Å². The van der Waals surface area contributed by atoms with Crippen molar-refractivity contribution in [2.24, 2.45) is 4.99 Å². The van der Waals surface area contributed by atoms with E-state index < -0.39 is 0 Å². The molecule has 0 amide bonds. The van der Waals surface area contributed by atoms with Gasteiger partial charge in [0.05, 0.1) is 0 Å². The number of hydrogen-bond acceptors (Lipinski definition) is 3. The van der Waals surface area contributed by atoms with Gasteiger partial charge in [-0.25, -0.2) is 0 Å². The molecule has 2 aliphatic heterocycles. The summed E-state index contributed by atoms with van der Waals surface area (Å²) in [6.45, 7) is 14.8. The van der Waals surface area contributed by atoms with Gasteiger partial charge in [0.2, 0.25) is 0 Å². The van der Waals surface area contributed by atoms with Gasteiger partial charge in [0, 0.05) is 36.7 Å². The largest absolute Gasteiger partial charge is 0.357 e.